The monoisotopic (exact) mass is 469 g/mol. The van der Waals surface area contributed by atoms with Crippen molar-refractivity contribution in [2.75, 3.05) is 11.9 Å². The van der Waals surface area contributed by atoms with Crippen molar-refractivity contribution in [1.29, 1.82) is 0 Å². The van der Waals surface area contributed by atoms with Gasteiger partial charge in [0, 0.05) is 11.7 Å². The number of esters is 2. The molecule has 1 saturated carbocycles. The van der Waals surface area contributed by atoms with E-state index < -0.39 is 24.5 Å². The number of hydrogen-bond acceptors (Lipinski definition) is 6. The smallest absolute Gasteiger partial charge is 0.355 e. The van der Waals surface area contributed by atoms with Crippen LogP contribution in [0.4, 0.5) is 5.69 Å². The average Bonchev–Trinajstić information content (AvgIpc) is 3.39. The maximum absolute atomic E-state index is 12.7. The van der Waals surface area contributed by atoms with E-state index in [1.807, 2.05) is 0 Å². The Hall–Kier alpha value is -3.62. The summed E-state index contributed by atoms with van der Waals surface area (Å²) in [6.07, 6.45) is 3.78. The summed E-state index contributed by atoms with van der Waals surface area (Å²) in [5.41, 5.74) is 1.90. The Kier molecular flexibility index (Phi) is 8.09. The summed E-state index contributed by atoms with van der Waals surface area (Å²) >= 11 is 0. The van der Waals surface area contributed by atoms with E-state index in [2.05, 4.69) is 15.6 Å². The average molecular weight is 470 g/mol. The Balaban J connectivity index is 1.61. The molecule has 2 amide bonds. The van der Waals surface area contributed by atoms with Gasteiger partial charge < -0.3 is 25.1 Å². The van der Waals surface area contributed by atoms with Gasteiger partial charge in [-0.2, -0.15) is 0 Å². The summed E-state index contributed by atoms with van der Waals surface area (Å²) < 4.78 is 10.4. The molecule has 0 saturated heterocycles. The molecule has 1 fully saturated rings. The number of aromatic amines is 1. The second-order valence-corrected chi connectivity index (χ2v) is 8.70. The van der Waals surface area contributed by atoms with Gasteiger partial charge in [0.15, 0.2) is 6.61 Å². The highest BCUT2D eigenvalue weighted by Crippen LogP contribution is 2.22. The highest BCUT2D eigenvalue weighted by Gasteiger charge is 2.25. The van der Waals surface area contributed by atoms with Gasteiger partial charge in [-0.1, -0.05) is 25.0 Å². The van der Waals surface area contributed by atoms with Crippen molar-refractivity contribution < 1.29 is 28.7 Å². The third kappa shape index (κ3) is 6.03. The topological polar surface area (TPSA) is 127 Å². The predicted molar refractivity (Wildman–Crippen MR) is 126 cm³/mol. The van der Waals surface area contributed by atoms with Gasteiger partial charge in [-0.3, -0.25) is 9.59 Å². The minimum Gasteiger partial charge on any atom is -0.459 e. The predicted octanol–water partition coefficient (Wildman–Crippen LogP) is 3.66. The first-order chi connectivity index (χ1) is 16.2. The molecule has 1 aliphatic rings. The highest BCUT2D eigenvalue weighted by molar-refractivity contribution is 6.04. The van der Waals surface area contributed by atoms with Crippen molar-refractivity contribution in [3.8, 4) is 0 Å². The molecule has 0 radical (unpaired) electrons. The van der Waals surface area contributed by atoms with Crippen LogP contribution in [0.2, 0.25) is 0 Å². The molecule has 1 aromatic heterocycles. The molecule has 1 heterocycles. The Morgan fingerprint density at radius 3 is 2.41 bits per heavy atom. The van der Waals surface area contributed by atoms with E-state index in [-0.39, 0.29) is 29.3 Å². The minimum atomic E-state index is -0.772. The Labute approximate surface area is 198 Å². The van der Waals surface area contributed by atoms with E-state index in [1.54, 1.807) is 52.0 Å². The molecule has 182 valence electrons. The number of anilines is 1. The largest absolute Gasteiger partial charge is 0.459 e. The number of para-hydroxylation sites is 1. The fourth-order valence-corrected chi connectivity index (χ4v) is 4.05. The Bertz CT molecular complexity index is 1080. The summed E-state index contributed by atoms with van der Waals surface area (Å²) in [6.45, 7) is 6.18. The van der Waals surface area contributed by atoms with Crippen LogP contribution in [0.1, 0.15) is 82.0 Å². The lowest BCUT2D eigenvalue weighted by Gasteiger charge is -2.15. The number of H-pyrrole nitrogens is 1. The maximum atomic E-state index is 12.7. The van der Waals surface area contributed by atoms with Gasteiger partial charge >= 0.3 is 11.9 Å². The number of hydrogen-bond donors (Lipinski definition) is 3. The maximum Gasteiger partial charge on any atom is 0.355 e. The van der Waals surface area contributed by atoms with E-state index in [0.29, 0.717) is 22.5 Å². The normalized spacial score (nSPS) is 13.6. The molecule has 34 heavy (non-hydrogen) atoms. The van der Waals surface area contributed by atoms with Crippen LogP contribution in [0.25, 0.3) is 0 Å². The summed E-state index contributed by atoms with van der Waals surface area (Å²) in [5, 5.41) is 5.63. The number of nitrogens with one attached hydrogen (secondary N) is 3. The third-order valence-electron chi connectivity index (χ3n) is 5.66. The molecule has 9 nitrogen and oxygen atoms in total. The van der Waals surface area contributed by atoms with Crippen molar-refractivity contribution in [3.63, 3.8) is 0 Å². The molecular formula is C25H31N3O6. The highest BCUT2D eigenvalue weighted by atomic mass is 16.5. The zero-order valence-corrected chi connectivity index (χ0v) is 19.9. The van der Waals surface area contributed by atoms with E-state index in [4.69, 9.17) is 9.47 Å². The second kappa shape index (κ2) is 11.0. The molecular weight excluding hydrogens is 438 g/mol. The lowest BCUT2D eigenvalue weighted by Crippen LogP contribution is -2.33. The second-order valence-electron chi connectivity index (χ2n) is 8.70. The third-order valence-corrected chi connectivity index (χ3v) is 5.66. The summed E-state index contributed by atoms with van der Waals surface area (Å²) in [4.78, 5) is 52.8. The van der Waals surface area contributed by atoms with Crippen LogP contribution in [0.5, 0.6) is 0 Å². The first-order valence-corrected chi connectivity index (χ1v) is 11.4. The summed E-state index contributed by atoms with van der Waals surface area (Å²) in [7, 11) is 0. The molecule has 0 unspecified atom stereocenters. The summed E-state index contributed by atoms with van der Waals surface area (Å²) in [5.74, 6) is -2.15. The van der Waals surface area contributed by atoms with Gasteiger partial charge in [-0.15, -0.1) is 0 Å². The number of amides is 2. The van der Waals surface area contributed by atoms with Gasteiger partial charge in [-0.25, -0.2) is 9.59 Å². The van der Waals surface area contributed by atoms with Crippen molar-refractivity contribution >= 4 is 29.4 Å². The number of aryl methyl sites for hydroxylation is 1. The quantitative estimate of drug-likeness (QED) is 0.507. The summed E-state index contributed by atoms with van der Waals surface area (Å²) in [6, 6.07) is 6.82. The molecule has 0 aliphatic heterocycles. The van der Waals surface area contributed by atoms with Gasteiger partial charge in [0.2, 0.25) is 0 Å². The van der Waals surface area contributed by atoms with Gasteiger partial charge in [0.25, 0.3) is 11.8 Å². The molecule has 0 spiro atoms. The molecule has 0 atom stereocenters. The number of rotatable bonds is 8. The van der Waals surface area contributed by atoms with Crippen LogP contribution >= 0.6 is 0 Å². The van der Waals surface area contributed by atoms with Crippen LogP contribution in [-0.4, -0.2) is 47.5 Å². The standard InChI is InChI=1S/C25H31N3O6/c1-14(2)34-24(31)21-15(3)22(26-16(21)4)25(32)33-13-20(29)28-19-12-8-7-11-18(19)23(30)27-17-9-5-6-10-17/h7-8,11-12,14,17,26H,5-6,9-10,13H2,1-4H3,(H,27,30)(H,28,29). The van der Waals surface area contributed by atoms with Crippen molar-refractivity contribution in [1.82, 2.24) is 10.3 Å². The zero-order chi connectivity index (χ0) is 24.8. The molecule has 9 heteroatoms. The molecule has 3 N–H and O–H groups in total. The van der Waals surface area contributed by atoms with Crippen molar-refractivity contribution in [2.45, 2.75) is 65.5 Å². The molecule has 1 aromatic carbocycles. The van der Waals surface area contributed by atoms with E-state index >= 15 is 0 Å². The van der Waals surface area contributed by atoms with Crippen LogP contribution in [0, 0.1) is 13.8 Å². The number of benzene rings is 1. The van der Waals surface area contributed by atoms with Crippen LogP contribution < -0.4 is 10.6 Å². The zero-order valence-electron chi connectivity index (χ0n) is 19.9. The van der Waals surface area contributed by atoms with Crippen LogP contribution in [-0.2, 0) is 14.3 Å². The lowest BCUT2D eigenvalue weighted by molar-refractivity contribution is -0.119. The first kappa shape index (κ1) is 25.0. The van der Waals surface area contributed by atoms with E-state index in [9.17, 15) is 19.2 Å². The van der Waals surface area contributed by atoms with Crippen LogP contribution in [0.15, 0.2) is 24.3 Å². The molecule has 1 aliphatic carbocycles. The molecule has 3 rings (SSSR count). The van der Waals surface area contributed by atoms with Crippen molar-refractivity contribution in [3.05, 3.63) is 52.3 Å². The number of aromatic nitrogens is 1. The Morgan fingerprint density at radius 1 is 1.06 bits per heavy atom. The van der Waals surface area contributed by atoms with Crippen LogP contribution in [0.3, 0.4) is 0 Å². The minimum absolute atomic E-state index is 0.0809. The molecule has 2 aromatic rings. The fraction of sp³-hybridized carbons (Fsp3) is 0.440. The van der Waals surface area contributed by atoms with Crippen molar-refractivity contribution in [2.24, 2.45) is 0 Å². The first-order valence-electron chi connectivity index (χ1n) is 11.4. The fourth-order valence-electron chi connectivity index (χ4n) is 4.05. The van der Waals surface area contributed by atoms with E-state index in [0.717, 1.165) is 25.7 Å². The van der Waals surface area contributed by atoms with E-state index in [1.165, 1.54) is 0 Å². The van der Waals surface area contributed by atoms with Gasteiger partial charge in [-0.05, 0) is 58.2 Å². The number of carbonyl (C=O) groups excluding carboxylic acids is 4. The van der Waals surface area contributed by atoms with Gasteiger partial charge in [0.05, 0.1) is 22.9 Å². The SMILES string of the molecule is Cc1[nH]c(C(=O)OCC(=O)Nc2ccccc2C(=O)NC2CCCC2)c(C)c1C(=O)OC(C)C. The number of carbonyl (C=O) groups is 4. The lowest BCUT2D eigenvalue weighted by atomic mass is 10.1. The van der Waals surface area contributed by atoms with Gasteiger partial charge in [0.1, 0.15) is 5.69 Å². The molecule has 0 bridgehead atoms. The number of ether oxygens (including phenoxy) is 2. The Morgan fingerprint density at radius 2 is 1.74 bits per heavy atom.